The van der Waals surface area contributed by atoms with Gasteiger partial charge in [-0.1, -0.05) is 54.3 Å². The molecular weight excluding hydrogens is 442 g/mol. The van der Waals surface area contributed by atoms with Crippen molar-refractivity contribution in [3.8, 4) is 0 Å². The number of amides is 2. The van der Waals surface area contributed by atoms with E-state index in [4.69, 9.17) is 4.42 Å². The molecule has 1 aliphatic rings. The van der Waals surface area contributed by atoms with E-state index < -0.39 is 6.04 Å². The first-order valence-electron chi connectivity index (χ1n) is 12.1. The number of nitrogens with zero attached hydrogens (tertiary/aromatic N) is 4. The van der Waals surface area contributed by atoms with Crippen molar-refractivity contribution in [2.24, 2.45) is 0 Å². The normalized spacial score (nSPS) is 15.1. The molecule has 2 heterocycles. The number of aromatic nitrogens is 3. The lowest BCUT2D eigenvalue weighted by Gasteiger charge is -2.32. The number of carbonyl (C=O) groups excluding carboxylic acids is 2. The van der Waals surface area contributed by atoms with Gasteiger partial charge in [-0.05, 0) is 56.2 Å². The van der Waals surface area contributed by atoms with Crippen molar-refractivity contribution in [1.29, 1.82) is 0 Å². The summed E-state index contributed by atoms with van der Waals surface area (Å²) >= 11 is 0. The fourth-order valence-corrected chi connectivity index (χ4v) is 4.73. The van der Waals surface area contributed by atoms with Gasteiger partial charge >= 0.3 is 0 Å². The average molecular weight is 472 g/mol. The Morgan fingerprint density at radius 3 is 2.57 bits per heavy atom. The lowest BCUT2D eigenvalue weighted by atomic mass is 9.95. The van der Waals surface area contributed by atoms with Crippen LogP contribution in [0.1, 0.15) is 49.5 Å². The Kier molecular flexibility index (Phi) is 6.61. The second-order valence-electron chi connectivity index (χ2n) is 9.10. The predicted molar refractivity (Wildman–Crippen MR) is 133 cm³/mol. The van der Waals surface area contributed by atoms with Crippen LogP contribution in [0.3, 0.4) is 0 Å². The maximum absolute atomic E-state index is 13.9. The van der Waals surface area contributed by atoms with Crippen LogP contribution in [0.2, 0.25) is 0 Å². The quantitative estimate of drug-likeness (QED) is 0.427. The van der Waals surface area contributed by atoms with Crippen molar-refractivity contribution in [1.82, 2.24) is 20.3 Å². The van der Waals surface area contributed by atoms with Crippen molar-refractivity contribution in [3.05, 3.63) is 78.3 Å². The number of benzene rings is 2. The summed E-state index contributed by atoms with van der Waals surface area (Å²) in [5.41, 5.74) is 3.14. The van der Waals surface area contributed by atoms with Gasteiger partial charge in [0, 0.05) is 11.7 Å². The van der Waals surface area contributed by atoms with Gasteiger partial charge in [0.25, 0.3) is 5.91 Å². The van der Waals surface area contributed by atoms with Crippen molar-refractivity contribution in [2.75, 3.05) is 4.90 Å². The van der Waals surface area contributed by atoms with Crippen LogP contribution in [0.5, 0.6) is 0 Å². The van der Waals surface area contributed by atoms with Crippen molar-refractivity contribution >= 4 is 28.5 Å². The Balaban J connectivity index is 1.52. The maximum atomic E-state index is 13.9. The summed E-state index contributed by atoms with van der Waals surface area (Å²) in [6, 6.07) is 17.7. The number of rotatable bonds is 7. The molecule has 1 fully saturated rings. The molecule has 1 atom stereocenters. The Labute approximate surface area is 203 Å². The Morgan fingerprint density at radius 2 is 1.83 bits per heavy atom. The number of hydrogen-bond donors (Lipinski definition) is 1. The van der Waals surface area contributed by atoms with E-state index in [0.717, 1.165) is 36.8 Å². The highest BCUT2D eigenvalue weighted by atomic mass is 16.3. The standard InChI is InChI=1S/C27H29N5O3/c1-19-13-15-21(16-14-19)32(25(33)18-31-23-11-6-5-10-22(23)29-30-31)26(24-12-7-17-35-24)27(34)28-20-8-3-2-4-9-20/h5-7,10-17,20,26H,2-4,8-9,18H2,1H3,(H,28,34). The first kappa shape index (κ1) is 22.8. The molecule has 0 spiro atoms. The van der Waals surface area contributed by atoms with Crippen molar-refractivity contribution < 1.29 is 14.0 Å². The Hall–Kier alpha value is -3.94. The molecule has 5 rings (SSSR count). The molecule has 180 valence electrons. The Morgan fingerprint density at radius 1 is 1.06 bits per heavy atom. The number of para-hydroxylation sites is 1. The van der Waals surface area contributed by atoms with E-state index in [1.165, 1.54) is 17.6 Å². The molecule has 4 aromatic rings. The van der Waals surface area contributed by atoms with Crippen LogP contribution in [0.4, 0.5) is 5.69 Å². The van der Waals surface area contributed by atoms with Crippen molar-refractivity contribution in [3.63, 3.8) is 0 Å². The van der Waals surface area contributed by atoms with Crippen LogP contribution >= 0.6 is 0 Å². The topological polar surface area (TPSA) is 93.3 Å². The molecule has 1 N–H and O–H groups in total. The molecule has 1 aliphatic carbocycles. The van der Waals surface area contributed by atoms with Gasteiger partial charge in [-0.2, -0.15) is 0 Å². The van der Waals surface area contributed by atoms with Gasteiger partial charge in [0.2, 0.25) is 5.91 Å². The van der Waals surface area contributed by atoms with E-state index >= 15 is 0 Å². The summed E-state index contributed by atoms with van der Waals surface area (Å²) in [6.07, 6.45) is 6.79. The smallest absolute Gasteiger partial charge is 0.251 e. The minimum Gasteiger partial charge on any atom is -0.467 e. The number of fused-ring (bicyclic) bond motifs is 1. The molecule has 2 aromatic heterocycles. The third kappa shape index (κ3) is 4.96. The van der Waals surface area contributed by atoms with Gasteiger partial charge in [0.05, 0.1) is 11.8 Å². The van der Waals surface area contributed by atoms with E-state index in [1.807, 2.05) is 55.5 Å². The van der Waals surface area contributed by atoms with E-state index in [0.29, 0.717) is 17.0 Å². The number of furan rings is 1. The second kappa shape index (κ2) is 10.1. The fraction of sp³-hybridized carbons (Fsp3) is 0.333. The summed E-state index contributed by atoms with van der Waals surface area (Å²) < 4.78 is 7.26. The zero-order valence-electron chi connectivity index (χ0n) is 19.8. The number of hydrogen-bond acceptors (Lipinski definition) is 5. The van der Waals surface area contributed by atoms with Crippen molar-refractivity contribution in [2.45, 2.75) is 57.7 Å². The lowest BCUT2D eigenvalue weighted by Crippen LogP contribution is -2.48. The van der Waals surface area contributed by atoms with E-state index in [1.54, 1.807) is 16.8 Å². The highest BCUT2D eigenvalue weighted by Gasteiger charge is 2.36. The third-order valence-corrected chi connectivity index (χ3v) is 6.56. The summed E-state index contributed by atoms with van der Waals surface area (Å²) in [4.78, 5) is 29.1. The van der Waals surface area contributed by atoms with Crippen LogP contribution in [0.15, 0.2) is 71.3 Å². The Bertz CT molecular complexity index is 1290. The number of nitrogens with one attached hydrogen (secondary N) is 1. The SMILES string of the molecule is Cc1ccc(N(C(=O)Cn2nnc3ccccc32)C(C(=O)NC2CCCCC2)c2ccco2)cc1. The number of anilines is 1. The molecule has 0 saturated heterocycles. The van der Waals surface area contributed by atoms with Crippen LogP contribution in [-0.4, -0.2) is 32.9 Å². The van der Waals surface area contributed by atoms with Gasteiger partial charge in [-0.25, -0.2) is 4.68 Å². The third-order valence-electron chi connectivity index (χ3n) is 6.56. The predicted octanol–water partition coefficient (Wildman–Crippen LogP) is 4.56. The summed E-state index contributed by atoms with van der Waals surface area (Å²) in [5.74, 6) is -0.121. The van der Waals surface area contributed by atoms with Gasteiger partial charge in [0.1, 0.15) is 17.8 Å². The van der Waals surface area contributed by atoms with Crippen LogP contribution < -0.4 is 10.2 Å². The molecule has 35 heavy (non-hydrogen) atoms. The van der Waals surface area contributed by atoms with E-state index in [-0.39, 0.29) is 24.4 Å². The zero-order chi connectivity index (χ0) is 24.2. The van der Waals surface area contributed by atoms with E-state index in [9.17, 15) is 9.59 Å². The van der Waals surface area contributed by atoms with Gasteiger partial charge in [-0.3, -0.25) is 14.5 Å². The molecule has 8 nitrogen and oxygen atoms in total. The van der Waals surface area contributed by atoms with Gasteiger partial charge in [0.15, 0.2) is 6.04 Å². The highest BCUT2D eigenvalue weighted by molar-refractivity contribution is 6.01. The monoisotopic (exact) mass is 471 g/mol. The molecule has 2 aromatic carbocycles. The molecule has 0 aliphatic heterocycles. The molecule has 1 unspecified atom stereocenters. The van der Waals surface area contributed by atoms with Crippen LogP contribution in [0.25, 0.3) is 11.0 Å². The molecule has 0 radical (unpaired) electrons. The first-order valence-corrected chi connectivity index (χ1v) is 12.1. The summed E-state index contributed by atoms with van der Waals surface area (Å²) in [6.45, 7) is 1.92. The van der Waals surface area contributed by atoms with E-state index in [2.05, 4.69) is 15.6 Å². The number of aryl methyl sites for hydroxylation is 1. The lowest BCUT2D eigenvalue weighted by molar-refractivity contribution is -0.128. The minimum atomic E-state index is -0.947. The summed E-state index contributed by atoms with van der Waals surface area (Å²) in [5, 5.41) is 11.5. The molecule has 2 amide bonds. The maximum Gasteiger partial charge on any atom is 0.251 e. The molecular formula is C27H29N5O3. The van der Waals surface area contributed by atoms with Gasteiger partial charge < -0.3 is 9.73 Å². The largest absolute Gasteiger partial charge is 0.467 e. The fourth-order valence-electron chi connectivity index (χ4n) is 4.73. The van der Waals surface area contributed by atoms with Crippen LogP contribution in [-0.2, 0) is 16.1 Å². The second-order valence-corrected chi connectivity index (χ2v) is 9.10. The summed E-state index contributed by atoms with van der Waals surface area (Å²) in [7, 11) is 0. The molecule has 0 bridgehead atoms. The van der Waals surface area contributed by atoms with Crippen LogP contribution in [0, 0.1) is 6.92 Å². The number of carbonyl (C=O) groups is 2. The zero-order valence-corrected chi connectivity index (χ0v) is 19.8. The molecule has 1 saturated carbocycles. The molecule has 8 heteroatoms. The minimum absolute atomic E-state index is 0.0672. The highest BCUT2D eigenvalue weighted by Crippen LogP contribution is 2.30. The van der Waals surface area contributed by atoms with Gasteiger partial charge in [-0.15, -0.1) is 5.10 Å². The average Bonchev–Trinajstić information content (AvgIpc) is 3.54. The first-order chi connectivity index (χ1) is 17.1.